The Labute approximate surface area is 132 Å². The number of hydrazine groups is 1. The maximum Gasteiger partial charge on any atom is 0.279 e. The van der Waals surface area contributed by atoms with Crippen LogP contribution in [0.4, 0.5) is 4.39 Å². The highest BCUT2D eigenvalue weighted by Gasteiger charge is 2.12. The molecule has 0 aliphatic carbocycles. The molecule has 0 spiro atoms. The Hall–Kier alpha value is -2.21. The molecule has 2 N–H and O–H groups in total. The lowest BCUT2D eigenvalue weighted by atomic mass is 10.1. The number of carbonyl (C=O) groups excluding carboxylic acids is 2. The lowest BCUT2D eigenvalue weighted by Crippen LogP contribution is -2.41. The van der Waals surface area contributed by atoms with E-state index in [2.05, 4.69) is 10.9 Å². The first kappa shape index (κ1) is 16.2. The molecule has 0 aliphatic rings. The van der Waals surface area contributed by atoms with E-state index in [0.29, 0.717) is 11.3 Å². The summed E-state index contributed by atoms with van der Waals surface area (Å²) >= 11 is 1.28. The Morgan fingerprint density at radius 3 is 2.41 bits per heavy atom. The second-order valence-corrected chi connectivity index (χ2v) is 6.35. The summed E-state index contributed by atoms with van der Waals surface area (Å²) in [5.74, 6) is -0.663. The fraction of sp³-hybridized carbons (Fsp3) is 0.250. The molecule has 2 amide bonds. The molecular formula is C16H17FN2O2S. The minimum absolute atomic E-state index is 0.223. The van der Waals surface area contributed by atoms with Gasteiger partial charge in [-0.2, -0.15) is 0 Å². The van der Waals surface area contributed by atoms with E-state index in [9.17, 15) is 14.0 Å². The summed E-state index contributed by atoms with van der Waals surface area (Å²) in [7, 11) is 0. The van der Waals surface area contributed by atoms with Crippen molar-refractivity contribution in [2.75, 3.05) is 0 Å². The summed E-state index contributed by atoms with van der Waals surface area (Å²) in [6.07, 6.45) is 0.353. The molecule has 1 aromatic heterocycles. The molecule has 116 valence electrons. The lowest BCUT2D eigenvalue weighted by molar-refractivity contribution is -0.122. The number of thiophene rings is 1. The minimum Gasteiger partial charge on any atom is -0.273 e. The minimum atomic E-state index is -0.365. The molecule has 1 heterocycles. The van der Waals surface area contributed by atoms with Gasteiger partial charge in [0.25, 0.3) is 5.91 Å². The Morgan fingerprint density at radius 2 is 1.77 bits per heavy atom. The molecule has 0 saturated carbocycles. The molecule has 2 rings (SSSR count). The van der Waals surface area contributed by atoms with Crippen LogP contribution in [0.1, 0.15) is 29.9 Å². The standard InChI is InChI=1S/C16H17FN2O2S/c1-10(2)9-15(20)18-19-16(21)14-8-7-13(22-14)11-3-5-12(17)6-4-11/h3-8,10H,9H2,1-2H3,(H,18,20)(H,19,21). The number of rotatable bonds is 4. The third kappa shape index (κ3) is 4.39. The zero-order chi connectivity index (χ0) is 16.1. The van der Waals surface area contributed by atoms with E-state index >= 15 is 0 Å². The normalized spacial score (nSPS) is 10.5. The van der Waals surface area contributed by atoms with Crippen molar-refractivity contribution in [3.8, 4) is 10.4 Å². The number of carbonyl (C=O) groups is 2. The summed E-state index contributed by atoms with van der Waals surface area (Å²) in [5, 5.41) is 0. The van der Waals surface area contributed by atoms with Crippen LogP contribution in [-0.2, 0) is 4.79 Å². The highest BCUT2D eigenvalue weighted by molar-refractivity contribution is 7.17. The SMILES string of the molecule is CC(C)CC(=O)NNC(=O)c1ccc(-c2ccc(F)cc2)s1. The van der Waals surface area contributed by atoms with Crippen LogP contribution in [0.5, 0.6) is 0 Å². The molecule has 0 bridgehead atoms. The van der Waals surface area contributed by atoms with E-state index < -0.39 is 0 Å². The molecule has 0 aliphatic heterocycles. The van der Waals surface area contributed by atoms with Gasteiger partial charge in [0.05, 0.1) is 4.88 Å². The lowest BCUT2D eigenvalue weighted by Gasteiger charge is -2.07. The van der Waals surface area contributed by atoms with Crippen molar-refractivity contribution in [3.63, 3.8) is 0 Å². The zero-order valence-corrected chi connectivity index (χ0v) is 13.2. The average Bonchev–Trinajstić information content (AvgIpc) is 2.94. The second-order valence-electron chi connectivity index (χ2n) is 5.27. The molecule has 0 radical (unpaired) electrons. The van der Waals surface area contributed by atoms with Gasteiger partial charge in [0.2, 0.25) is 5.91 Å². The number of benzene rings is 1. The third-order valence-corrected chi connectivity index (χ3v) is 4.00. The highest BCUT2D eigenvalue weighted by atomic mass is 32.1. The number of halogens is 1. The maximum atomic E-state index is 12.9. The molecule has 22 heavy (non-hydrogen) atoms. The van der Waals surface area contributed by atoms with Crippen LogP contribution in [0.25, 0.3) is 10.4 Å². The van der Waals surface area contributed by atoms with Crippen LogP contribution in [0.2, 0.25) is 0 Å². The zero-order valence-electron chi connectivity index (χ0n) is 12.4. The van der Waals surface area contributed by atoms with Crippen LogP contribution >= 0.6 is 11.3 Å². The number of hydrogen-bond donors (Lipinski definition) is 2. The maximum absolute atomic E-state index is 12.9. The molecular weight excluding hydrogens is 303 g/mol. The Morgan fingerprint density at radius 1 is 1.09 bits per heavy atom. The molecule has 0 fully saturated rings. The van der Waals surface area contributed by atoms with E-state index in [-0.39, 0.29) is 23.5 Å². The van der Waals surface area contributed by atoms with Crippen LogP contribution in [0, 0.1) is 11.7 Å². The smallest absolute Gasteiger partial charge is 0.273 e. The van der Waals surface area contributed by atoms with Gasteiger partial charge in [-0.25, -0.2) is 4.39 Å². The summed E-state index contributed by atoms with van der Waals surface area (Å²) in [5.41, 5.74) is 5.62. The van der Waals surface area contributed by atoms with Gasteiger partial charge in [-0.15, -0.1) is 11.3 Å². The van der Waals surface area contributed by atoms with Gasteiger partial charge in [0.15, 0.2) is 0 Å². The number of hydrogen-bond acceptors (Lipinski definition) is 3. The van der Waals surface area contributed by atoms with Gasteiger partial charge < -0.3 is 0 Å². The van der Waals surface area contributed by atoms with E-state index in [1.165, 1.54) is 23.5 Å². The molecule has 1 aromatic carbocycles. The predicted octanol–water partition coefficient (Wildman–Crippen LogP) is 3.36. The molecule has 6 heteroatoms. The van der Waals surface area contributed by atoms with Crippen molar-refractivity contribution in [1.82, 2.24) is 10.9 Å². The largest absolute Gasteiger partial charge is 0.279 e. The fourth-order valence-corrected chi connectivity index (χ4v) is 2.75. The van der Waals surface area contributed by atoms with Gasteiger partial charge in [-0.3, -0.25) is 20.4 Å². The first-order chi connectivity index (χ1) is 10.5. The first-order valence-corrected chi connectivity index (χ1v) is 7.72. The summed E-state index contributed by atoms with van der Waals surface area (Å²) in [6, 6.07) is 9.54. The third-order valence-electron chi connectivity index (χ3n) is 2.87. The predicted molar refractivity (Wildman–Crippen MR) is 84.8 cm³/mol. The second kappa shape index (κ2) is 7.17. The van der Waals surface area contributed by atoms with Crippen molar-refractivity contribution in [2.24, 2.45) is 5.92 Å². The monoisotopic (exact) mass is 320 g/mol. The van der Waals surface area contributed by atoms with E-state index in [1.54, 1.807) is 24.3 Å². The molecule has 2 aromatic rings. The highest BCUT2D eigenvalue weighted by Crippen LogP contribution is 2.28. The number of amides is 2. The van der Waals surface area contributed by atoms with E-state index in [0.717, 1.165) is 10.4 Å². The van der Waals surface area contributed by atoms with Gasteiger partial charge in [0, 0.05) is 11.3 Å². The van der Waals surface area contributed by atoms with Crippen molar-refractivity contribution >= 4 is 23.2 Å². The van der Waals surface area contributed by atoms with E-state index in [1.807, 2.05) is 13.8 Å². The van der Waals surface area contributed by atoms with Crippen molar-refractivity contribution in [3.05, 3.63) is 47.1 Å². The van der Waals surface area contributed by atoms with Crippen LogP contribution < -0.4 is 10.9 Å². The number of nitrogens with one attached hydrogen (secondary N) is 2. The quantitative estimate of drug-likeness (QED) is 0.849. The van der Waals surface area contributed by atoms with Gasteiger partial charge >= 0.3 is 0 Å². The molecule has 0 unspecified atom stereocenters. The summed E-state index contributed by atoms with van der Waals surface area (Å²) < 4.78 is 12.9. The van der Waals surface area contributed by atoms with E-state index in [4.69, 9.17) is 0 Å². The van der Waals surface area contributed by atoms with Crippen molar-refractivity contribution in [2.45, 2.75) is 20.3 Å². The fourth-order valence-electron chi connectivity index (χ4n) is 1.84. The van der Waals surface area contributed by atoms with Gasteiger partial charge in [0.1, 0.15) is 5.82 Å². The van der Waals surface area contributed by atoms with Gasteiger partial charge in [-0.05, 0) is 35.7 Å². The van der Waals surface area contributed by atoms with Crippen LogP contribution in [0.15, 0.2) is 36.4 Å². The molecule has 0 atom stereocenters. The topological polar surface area (TPSA) is 58.2 Å². The van der Waals surface area contributed by atoms with Crippen molar-refractivity contribution in [1.29, 1.82) is 0 Å². The van der Waals surface area contributed by atoms with Gasteiger partial charge in [-0.1, -0.05) is 26.0 Å². The van der Waals surface area contributed by atoms with Crippen LogP contribution in [-0.4, -0.2) is 11.8 Å². The van der Waals surface area contributed by atoms with Crippen LogP contribution in [0.3, 0.4) is 0 Å². The molecule has 0 saturated heterocycles. The van der Waals surface area contributed by atoms with Crippen molar-refractivity contribution < 1.29 is 14.0 Å². The summed E-state index contributed by atoms with van der Waals surface area (Å²) in [6.45, 7) is 3.85. The Balaban J connectivity index is 1.97. The first-order valence-electron chi connectivity index (χ1n) is 6.90. The average molecular weight is 320 g/mol. The summed E-state index contributed by atoms with van der Waals surface area (Å²) in [4.78, 5) is 24.8. The Kier molecular flexibility index (Phi) is 5.27. The Bertz CT molecular complexity index is 665. The molecule has 4 nitrogen and oxygen atoms in total.